The maximum absolute atomic E-state index is 13.0. The molecule has 2 aromatic rings. The fraction of sp³-hybridized carbons (Fsp3) is 0.500. The molecule has 32 heavy (non-hydrogen) atoms. The molecule has 0 radical (unpaired) electrons. The normalized spacial score (nSPS) is 14.2. The highest BCUT2D eigenvalue weighted by Gasteiger charge is 2.18. The molecule has 0 saturated carbocycles. The number of benzene rings is 1. The number of carbonyl (C=O) groups is 2. The molecule has 0 spiro atoms. The van der Waals surface area contributed by atoms with Crippen LogP contribution in [0.1, 0.15) is 34.6 Å². The van der Waals surface area contributed by atoms with Gasteiger partial charge in [-0.25, -0.2) is 4.98 Å². The first-order valence-corrected chi connectivity index (χ1v) is 11.3. The zero-order valence-corrected chi connectivity index (χ0v) is 18.8. The van der Waals surface area contributed by atoms with Crippen LogP contribution in [0.25, 0.3) is 0 Å². The van der Waals surface area contributed by atoms with Gasteiger partial charge < -0.3 is 15.0 Å². The number of rotatable bonds is 11. The average molecular weight is 440 g/mol. The minimum Gasteiger partial charge on any atom is -0.379 e. The lowest BCUT2D eigenvalue weighted by Crippen LogP contribution is -2.39. The lowest BCUT2D eigenvalue weighted by molar-refractivity contribution is -0.121. The number of aryl methyl sites for hydroxylation is 1. The molecule has 8 nitrogen and oxygen atoms in total. The molecular weight excluding hydrogens is 406 g/mol. The summed E-state index contributed by atoms with van der Waals surface area (Å²) in [6, 6.07) is 10.0. The number of hydrogen-bond donors (Lipinski definition) is 1. The van der Waals surface area contributed by atoms with Gasteiger partial charge in [0, 0.05) is 45.3 Å². The Morgan fingerprint density at radius 2 is 1.88 bits per heavy atom. The lowest BCUT2D eigenvalue weighted by atomic mass is 10.1. The SMILES string of the molecule is Cc1cnc(C(=O)N(CCC(=O)NCCCN2CCOCC2)CCc2ccccc2)cn1. The summed E-state index contributed by atoms with van der Waals surface area (Å²) in [7, 11) is 0. The summed E-state index contributed by atoms with van der Waals surface area (Å²) in [6.07, 6.45) is 4.97. The highest BCUT2D eigenvalue weighted by atomic mass is 16.5. The number of aromatic nitrogens is 2. The second-order valence-corrected chi connectivity index (χ2v) is 7.98. The smallest absolute Gasteiger partial charge is 0.274 e. The van der Waals surface area contributed by atoms with Gasteiger partial charge in [0.1, 0.15) is 5.69 Å². The number of hydrogen-bond acceptors (Lipinski definition) is 6. The highest BCUT2D eigenvalue weighted by molar-refractivity contribution is 5.92. The first kappa shape index (κ1) is 23.8. The second-order valence-electron chi connectivity index (χ2n) is 7.98. The summed E-state index contributed by atoms with van der Waals surface area (Å²) in [4.78, 5) is 37.8. The van der Waals surface area contributed by atoms with Gasteiger partial charge in [0.2, 0.25) is 5.91 Å². The van der Waals surface area contributed by atoms with Crippen LogP contribution in [0, 0.1) is 6.92 Å². The minimum atomic E-state index is -0.200. The van der Waals surface area contributed by atoms with Crippen LogP contribution in [0.5, 0.6) is 0 Å². The van der Waals surface area contributed by atoms with E-state index in [2.05, 4.69) is 20.2 Å². The van der Waals surface area contributed by atoms with Gasteiger partial charge in [-0.05, 0) is 31.9 Å². The van der Waals surface area contributed by atoms with Crippen molar-refractivity contribution in [2.24, 2.45) is 0 Å². The molecule has 1 fully saturated rings. The van der Waals surface area contributed by atoms with Gasteiger partial charge in [-0.1, -0.05) is 30.3 Å². The molecule has 1 aliphatic rings. The molecule has 172 valence electrons. The first-order chi connectivity index (χ1) is 15.6. The monoisotopic (exact) mass is 439 g/mol. The molecule has 0 aliphatic carbocycles. The number of ether oxygens (including phenoxy) is 1. The van der Waals surface area contributed by atoms with Gasteiger partial charge in [-0.2, -0.15) is 0 Å². The van der Waals surface area contributed by atoms with E-state index in [0.717, 1.165) is 50.5 Å². The summed E-state index contributed by atoms with van der Waals surface area (Å²) >= 11 is 0. The van der Waals surface area contributed by atoms with E-state index < -0.39 is 0 Å². The van der Waals surface area contributed by atoms with Crippen molar-refractivity contribution in [1.82, 2.24) is 25.1 Å². The molecule has 1 aromatic carbocycles. The zero-order valence-electron chi connectivity index (χ0n) is 18.8. The molecule has 0 atom stereocenters. The van der Waals surface area contributed by atoms with Gasteiger partial charge in [0.25, 0.3) is 5.91 Å². The van der Waals surface area contributed by atoms with E-state index in [-0.39, 0.29) is 18.2 Å². The Hall–Kier alpha value is -2.84. The molecule has 2 amide bonds. The fourth-order valence-corrected chi connectivity index (χ4v) is 3.57. The quantitative estimate of drug-likeness (QED) is 0.536. The van der Waals surface area contributed by atoms with Crippen molar-refractivity contribution in [3.05, 3.63) is 59.7 Å². The summed E-state index contributed by atoms with van der Waals surface area (Å²) in [5, 5.41) is 2.97. The Kier molecular flexibility index (Phi) is 9.59. The van der Waals surface area contributed by atoms with Gasteiger partial charge in [-0.15, -0.1) is 0 Å². The van der Waals surface area contributed by atoms with Crippen molar-refractivity contribution in [3.63, 3.8) is 0 Å². The lowest BCUT2D eigenvalue weighted by Gasteiger charge is -2.26. The van der Waals surface area contributed by atoms with E-state index in [0.29, 0.717) is 31.7 Å². The second kappa shape index (κ2) is 12.9. The van der Waals surface area contributed by atoms with Crippen LogP contribution >= 0.6 is 0 Å². The molecule has 2 heterocycles. The average Bonchev–Trinajstić information content (AvgIpc) is 2.83. The Labute approximate surface area is 190 Å². The standard InChI is InChI=1S/C24H33N5O3/c1-20-18-27-22(19-26-20)24(31)29(12-8-21-6-3-2-4-7-21)13-9-23(30)25-10-5-11-28-14-16-32-17-15-28/h2-4,6-7,18-19H,5,8-17H2,1H3,(H,25,30). The third-order valence-corrected chi connectivity index (χ3v) is 5.49. The van der Waals surface area contributed by atoms with Crippen LogP contribution in [0.2, 0.25) is 0 Å². The molecule has 0 bridgehead atoms. The Bertz CT molecular complexity index is 838. The number of nitrogens with one attached hydrogen (secondary N) is 1. The minimum absolute atomic E-state index is 0.0421. The number of carbonyl (C=O) groups excluding carboxylic acids is 2. The number of nitrogens with zero attached hydrogens (tertiary/aromatic N) is 4. The summed E-state index contributed by atoms with van der Waals surface area (Å²) in [6.45, 7) is 7.75. The molecule has 1 saturated heterocycles. The highest BCUT2D eigenvalue weighted by Crippen LogP contribution is 2.07. The topological polar surface area (TPSA) is 87.7 Å². The van der Waals surface area contributed by atoms with Crippen molar-refractivity contribution < 1.29 is 14.3 Å². The third kappa shape index (κ3) is 8.01. The number of morpholine rings is 1. The third-order valence-electron chi connectivity index (χ3n) is 5.49. The largest absolute Gasteiger partial charge is 0.379 e. The van der Waals surface area contributed by atoms with Crippen molar-refractivity contribution in [3.8, 4) is 0 Å². The Balaban J connectivity index is 1.47. The van der Waals surface area contributed by atoms with Crippen molar-refractivity contribution >= 4 is 11.8 Å². The van der Waals surface area contributed by atoms with E-state index in [1.165, 1.54) is 6.20 Å². The van der Waals surface area contributed by atoms with E-state index in [1.807, 2.05) is 37.3 Å². The molecule has 1 N–H and O–H groups in total. The molecule has 0 unspecified atom stereocenters. The van der Waals surface area contributed by atoms with Gasteiger partial charge in [0.05, 0.1) is 25.1 Å². The first-order valence-electron chi connectivity index (χ1n) is 11.3. The van der Waals surface area contributed by atoms with E-state index in [1.54, 1.807) is 11.1 Å². The maximum atomic E-state index is 13.0. The van der Waals surface area contributed by atoms with Crippen molar-refractivity contribution in [2.45, 2.75) is 26.2 Å². The van der Waals surface area contributed by atoms with Gasteiger partial charge in [-0.3, -0.25) is 19.5 Å². The van der Waals surface area contributed by atoms with Gasteiger partial charge in [0.15, 0.2) is 0 Å². The summed E-state index contributed by atoms with van der Waals surface area (Å²) in [5.74, 6) is -0.243. The van der Waals surface area contributed by atoms with Crippen LogP contribution in [0.4, 0.5) is 0 Å². The predicted molar refractivity (Wildman–Crippen MR) is 122 cm³/mol. The summed E-state index contributed by atoms with van der Waals surface area (Å²) in [5.41, 5.74) is 2.20. The van der Waals surface area contributed by atoms with Crippen LogP contribution in [0.15, 0.2) is 42.7 Å². The Morgan fingerprint density at radius 1 is 1.09 bits per heavy atom. The van der Waals surface area contributed by atoms with E-state index in [9.17, 15) is 9.59 Å². The number of amides is 2. The van der Waals surface area contributed by atoms with Crippen molar-refractivity contribution in [2.75, 3.05) is 52.5 Å². The predicted octanol–water partition coefficient (Wildman–Crippen LogP) is 1.70. The molecule has 1 aliphatic heterocycles. The van der Waals surface area contributed by atoms with Crippen LogP contribution in [-0.2, 0) is 16.0 Å². The molecule has 1 aromatic heterocycles. The summed E-state index contributed by atoms with van der Waals surface area (Å²) < 4.78 is 5.35. The molecule has 8 heteroatoms. The Morgan fingerprint density at radius 3 is 2.59 bits per heavy atom. The van der Waals surface area contributed by atoms with Crippen LogP contribution < -0.4 is 5.32 Å². The zero-order chi connectivity index (χ0) is 22.6. The van der Waals surface area contributed by atoms with E-state index >= 15 is 0 Å². The fourth-order valence-electron chi connectivity index (χ4n) is 3.57. The molecular formula is C24H33N5O3. The maximum Gasteiger partial charge on any atom is 0.274 e. The molecule has 3 rings (SSSR count). The van der Waals surface area contributed by atoms with Crippen molar-refractivity contribution in [1.29, 1.82) is 0 Å². The van der Waals surface area contributed by atoms with Gasteiger partial charge >= 0.3 is 0 Å². The van der Waals surface area contributed by atoms with Crippen LogP contribution in [-0.4, -0.2) is 84.1 Å². The van der Waals surface area contributed by atoms with E-state index in [4.69, 9.17) is 4.74 Å². The van der Waals surface area contributed by atoms with Crippen LogP contribution in [0.3, 0.4) is 0 Å².